The first kappa shape index (κ1) is 15.8. The van der Waals surface area contributed by atoms with Crippen LogP contribution in [-0.2, 0) is 0 Å². The first-order valence-corrected chi connectivity index (χ1v) is 7.51. The van der Waals surface area contributed by atoms with Gasteiger partial charge in [-0.05, 0) is 48.7 Å². The van der Waals surface area contributed by atoms with E-state index in [2.05, 4.69) is 22.8 Å². The van der Waals surface area contributed by atoms with Gasteiger partial charge in [0, 0.05) is 6.04 Å². The molecule has 1 aromatic carbocycles. The Hall–Kier alpha value is -1.56. The molecule has 1 aromatic rings. The molecule has 0 aliphatic heterocycles. The first-order valence-electron chi connectivity index (χ1n) is 7.11. The maximum atomic E-state index is 13.0. The van der Waals surface area contributed by atoms with E-state index in [-0.39, 0.29) is 0 Å². The van der Waals surface area contributed by atoms with Gasteiger partial charge in [0.25, 0.3) is 0 Å². The summed E-state index contributed by atoms with van der Waals surface area (Å²) in [6.45, 7) is 2.21. The second-order valence-electron chi connectivity index (χ2n) is 5.39. The van der Waals surface area contributed by atoms with Crippen molar-refractivity contribution < 1.29 is 8.78 Å². The summed E-state index contributed by atoms with van der Waals surface area (Å²) in [6.07, 6.45) is 6.20. The van der Waals surface area contributed by atoms with Crippen molar-refractivity contribution >= 4 is 23.5 Å². The Balaban J connectivity index is 1.82. The zero-order valence-electron chi connectivity index (χ0n) is 11.9. The van der Waals surface area contributed by atoms with E-state index >= 15 is 0 Å². The minimum atomic E-state index is -0.893. The lowest BCUT2D eigenvalue weighted by Crippen LogP contribution is -2.44. The van der Waals surface area contributed by atoms with Crippen LogP contribution in [0.2, 0.25) is 0 Å². The van der Waals surface area contributed by atoms with Crippen LogP contribution in [0, 0.1) is 17.6 Å². The van der Waals surface area contributed by atoms with Crippen LogP contribution in [0.5, 0.6) is 0 Å². The third-order valence-electron chi connectivity index (χ3n) is 3.75. The third-order valence-corrected chi connectivity index (χ3v) is 3.96. The molecule has 3 nitrogen and oxygen atoms in total. The van der Waals surface area contributed by atoms with Gasteiger partial charge in [-0.1, -0.05) is 25.8 Å². The second-order valence-corrected chi connectivity index (χ2v) is 5.79. The summed E-state index contributed by atoms with van der Waals surface area (Å²) in [6, 6.07) is 3.97. The quantitative estimate of drug-likeness (QED) is 0.511. The fourth-order valence-electron chi connectivity index (χ4n) is 2.49. The van der Waals surface area contributed by atoms with Crippen LogP contribution in [-0.4, -0.2) is 17.4 Å². The fourth-order valence-corrected chi connectivity index (χ4v) is 2.69. The van der Waals surface area contributed by atoms with Crippen molar-refractivity contribution in [2.24, 2.45) is 11.0 Å². The van der Waals surface area contributed by atoms with Crippen LogP contribution in [0.4, 0.5) is 8.78 Å². The highest BCUT2D eigenvalue weighted by Gasteiger charge is 2.21. The number of halogens is 2. The predicted octanol–water partition coefficient (Wildman–Crippen LogP) is 3.34. The van der Waals surface area contributed by atoms with Crippen molar-refractivity contribution in [2.75, 3.05) is 0 Å². The molecule has 114 valence electrons. The number of hydrazone groups is 1. The van der Waals surface area contributed by atoms with Gasteiger partial charge in [0.1, 0.15) is 0 Å². The Kier molecular flexibility index (Phi) is 5.61. The van der Waals surface area contributed by atoms with Crippen molar-refractivity contribution in [3.8, 4) is 0 Å². The molecule has 2 rings (SSSR count). The van der Waals surface area contributed by atoms with Gasteiger partial charge in [-0.15, -0.1) is 0 Å². The standard InChI is InChI=1S/C15H19F2N3S/c1-10-4-2-3-5-14(10)19-15(21)20-18-9-11-6-7-12(16)13(17)8-11/h6-10,14H,2-5H2,1H3,(H2,19,20,21)/b18-9-/t10-,14-/m0/s1. The number of nitrogens with zero attached hydrogens (tertiary/aromatic N) is 1. The zero-order valence-corrected chi connectivity index (χ0v) is 12.7. The van der Waals surface area contributed by atoms with E-state index in [0.717, 1.165) is 18.6 Å². The predicted molar refractivity (Wildman–Crippen MR) is 84.2 cm³/mol. The number of rotatable bonds is 3. The van der Waals surface area contributed by atoms with Crippen LogP contribution in [0.25, 0.3) is 0 Å². The molecule has 2 atom stereocenters. The lowest BCUT2D eigenvalue weighted by molar-refractivity contribution is 0.308. The second kappa shape index (κ2) is 7.45. The van der Waals surface area contributed by atoms with Crippen molar-refractivity contribution in [1.82, 2.24) is 10.7 Å². The molecule has 1 aliphatic rings. The molecule has 0 heterocycles. The lowest BCUT2D eigenvalue weighted by Gasteiger charge is -2.30. The monoisotopic (exact) mass is 311 g/mol. The van der Waals surface area contributed by atoms with Crippen molar-refractivity contribution in [3.63, 3.8) is 0 Å². The summed E-state index contributed by atoms with van der Waals surface area (Å²) >= 11 is 5.18. The van der Waals surface area contributed by atoms with E-state index in [1.54, 1.807) is 0 Å². The molecule has 0 radical (unpaired) electrons. The average molecular weight is 311 g/mol. The Labute approximate surface area is 128 Å². The lowest BCUT2D eigenvalue weighted by atomic mass is 9.86. The van der Waals surface area contributed by atoms with Crippen LogP contribution in [0.1, 0.15) is 38.2 Å². The highest BCUT2D eigenvalue weighted by atomic mass is 32.1. The Bertz CT molecular complexity index is 534. The van der Waals surface area contributed by atoms with Crippen LogP contribution in [0.15, 0.2) is 23.3 Å². The molecule has 1 fully saturated rings. The highest BCUT2D eigenvalue weighted by Crippen LogP contribution is 2.23. The van der Waals surface area contributed by atoms with E-state index in [9.17, 15) is 8.78 Å². The topological polar surface area (TPSA) is 36.4 Å². The molecule has 6 heteroatoms. The van der Waals surface area contributed by atoms with Gasteiger partial charge in [0.15, 0.2) is 16.7 Å². The summed E-state index contributed by atoms with van der Waals surface area (Å²) in [4.78, 5) is 0. The van der Waals surface area contributed by atoms with Crippen molar-refractivity contribution in [1.29, 1.82) is 0 Å². The van der Waals surface area contributed by atoms with Crippen LogP contribution in [0.3, 0.4) is 0 Å². The maximum absolute atomic E-state index is 13.0. The molecule has 0 amide bonds. The summed E-state index contributed by atoms with van der Waals surface area (Å²) in [5.74, 6) is -1.17. The molecule has 2 N–H and O–H groups in total. The van der Waals surface area contributed by atoms with Gasteiger partial charge in [-0.3, -0.25) is 5.43 Å². The number of hydrogen-bond donors (Lipinski definition) is 2. The molecular formula is C15H19F2N3S. The summed E-state index contributed by atoms with van der Waals surface area (Å²) in [7, 11) is 0. The number of thiocarbonyl (C=S) groups is 1. The Morgan fingerprint density at radius 1 is 1.29 bits per heavy atom. The van der Waals surface area contributed by atoms with Gasteiger partial charge < -0.3 is 5.32 Å². The van der Waals surface area contributed by atoms with Crippen molar-refractivity contribution in [2.45, 2.75) is 38.6 Å². The normalized spacial score (nSPS) is 22.2. The minimum absolute atomic E-state index is 0.372. The summed E-state index contributed by atoms with van der Waals surface area (Å²) < 4.78 is 25.8. The fraction of sp³-hybridized carbons (Fsp3) is 0.467. The highest BCUT2D eigenvalue weighted by molar-refractivity contribution is 7.80. The largest absolute Gasteiger partial charge is 0.358 e. The molecule has 1 aliphatic carbocycles. The number of benzene rings is 1. The van der Waals surface area contributed by atoms with Crippen LogP contribution >= 0.6 is 12.2 Å². The SMILES string of the molecule is C[C@H]1CCCC[C@@H]1NC(=S)N/N=C\c1ccc(F)c(F)c1. The van der Waals surface area contributed by atoms with E-state index in [1.807, 2.05) is 0 Å². The Morgan fingerprint density at radius 3 is 2.76 bits per heavy atom. The maximum Gasteiger partial charge on any atom is 0.187 e. The third kappa shape index (κ3) is 4.74. The van der Waals surface area contributed by atoms with Crippen molar-refractivity contribution in [3.05, 3.63) is 35.4 Å². The molecule has 0 aromatic heterocycles. The molecule has 0 spiro atoms. The zero-order chi connectivity index (χ0) is 15.2. The van der Waals surface area contributed by atoms with Gasteiger partial charge >= 0.3 is 0 Å². The summed E-state index contributed by atoms with van der Waals surface area (Å²) in [5, 5.41) is 7.63. The minimum Gasteiger partial charge on any atom is -0.358 e. The molecular weight excluding hydrogens is 292 g/mol. The van der Waals surface area contributed by atoms with Gasteiger partial charge in [0.05, 0.1) is 6.21 Å². The van der Waals surface area contributed by atoms with Gasteiger partial charge in [0.2, 0.25) is 0 Å². The smallest absolute Gasteiger partial charge is 0.187 e. The number of hydrogen-bond acceptors (Lipinski definition) is 2. The van der Waals surface area contributed by atoms with E-state index in [1.165, 1.54) is 31.5 Å². The van der Waals surface area contributed by atoms with E-state index in [4.69, 9.17) is 12.2 Å². The van der Waals surface area contributed by atoms with E-state index in [0.29, 0.717) is 22.6 Å². The molecule has 1 saturated carbocycles. The molecule has 0 saturated heterocycles. The average Bonchev–Trinajstić information content (AvgIpc) is 2.45. The number of nitrogens with one attached hydrogen (secondary N) is 2. The molecule has 21 heavy (non-hydrogen) atoms. The Morgan fingerprint density at radius 2 is 2.05 bits per heavy atom. The van der Waals surface area contributed by atoms with Gasteiger partial charge in [-0.25, -0.2) is 8.78 Å². The summed E-state index contributed by atoms with van der Waals surface area (Å²) in [5.41, 5.74) is 3.17. The first-order chi connectivity index (χ1) is 10.1. The van der Waals surface area contributed by atoms with Crippen LogP contribution < -0.4 is 10.7 Å². The molecule has 0 bridgehead atoms. The van der Waals surface area contributed by atoms with E-state index < -0.39 is 11.6 Å². The van der Waals surface area contributed by atoms with Gasteiger partial charge in [-0.2, -0.15) is 5.10 Å². The molecule has 0 unspecified atom stereocenters.